The van der Waals surface area contributed by atoms with Gasteiger partial charge in [0.15, 0.2) is 0 Å². The number of rotatable bonds is 2. The summed E-state index contributed by atoms with van der Waals surface area (Å²) in [7, 11) is 0. The molecule has 2 rings (SSSR count). The lowest BCUT2D eigenvalue weighted by atomic mass is 10.0. The highest BCUT2D eigenvalue weighted by Gasteiger charge is 2.31. The number of nitrogens with zero attached hydrogens (tertiary/aromatic N) is 1. The second-order valence-corrected chi connectivity index (χ2v) is 5.23. The molecule has 0 bridgehead atoms. The first-order chi connectivity index (χ1) is 6.66. The molecule has 0 radical (unpaired) electrons. The fourth-order valence-electron chi connectivity index (χ4n) is 2.79. The molecule has 2 heteroatoms. The van der Waals surface area contributed by atoms with Crippen LogP contribution >= 0.6 is 0 Å². The van der Waals surface area contributed by atoms with Gasteiger partial charge in [0.1, 0.15) is 5.78 Å². The third-order valence-electron chi connectivity index (χ3n) is 3.97. The van der Waals surface area contributed by atoms with E-state index in [-0.39, 0.29) is 0 Å². The molecule has 0 amide bonds. The van der Waals surface area contributed by atoms with Gasteiger partial charge in [-0.2, -0.15) is 0 Å². The van der Waals surface area contributed by atoms with Crippen molar-refractivity contribution in [2.75, 3.05) is 19.6 Å². The van der Waals surface area contributed by atoms with Gasteiger partial charge >= 0.3 is 0 Å². The van der Waals surface area contributed by atoms with Crippen LogP contribution in [0, 0.1) is 17.8 Å². The Morgan fingerprint density at radius 2 is 1.93 bits per heavy atom. The molecule has 1 aliphatic heterocycles. The quantitative estimate of drug-likeness (QED) is 0.671. The van der Waals surface area contributed by atoms with Gasteiger partial charge in [-0.15, -0.1) is 0 Å². The summed E-state index contributed by atoms with van der Waals surface area (Å²) in [6, 6.07) is 0. The molecule has 80 valence electrons. The fraction of sp³-hybridized carbons (Fsp3) is 0.917. The highest BCUT2D eigenvalue weighted by Crippen LogP contribution is 2.27. The summed E-state index contributed by atoms with van der Waals surface area (Å²) in [6.45, 7) is 8.08. The summed E-state index contributed by atoms with van der Waals surface area (Å²) in [6.07, 6.45) is 3.10. The molecule has 3 unspecified atom stereocenters. The molecule has 1 saturated heterocycles. The monoisotopic (exact) mass is 195 g/mol. The van der Waals surface area contributed by atoms with Crippen LogP contribution in [0.4, 0.5) is 0 Å². The molecule has 0 spiro atoms. The average molecular weight is 195 g/mol. The molecule has 14 heavy (non-hydrogen) atoms. The maximum atomic E-state index is 11.5. The van der Waals surface area contributed by atoms with Crippen molar-refractivity contribution in [3.63, 3.8) is 0 Å². The number of hydrogen-bond donors (Lipinski definition) is 0. The number of Topliss-reactive ketones (excluding diaryl/α,β-unsaturated/α-hetero) is 1. The van der Waals surface area contributed by atoms with Gasteiger partial charge in [0.25, 0.3) is 0 Å². The maximum Gasteiger partial charge on any atom is 0.137 e. The summed E-state index contributed by atoms with van der Waals surface area (Å²) < 4.78 is 0. The van der Waals surface area contributed by atoms with Crippen LogP contribution in [0.3, 0.4) is 0 Å². The smallest absolute Gasteiger partial charge is 0.137 e. The van der Waals surface area contributed by atoms with Crippen LogP contribution in [0.25, 0.3) is 0 Å². The first kappa shape index (κ1) is 10.2. The standard InChI is InChI=1S/C12H21NO/c1-9-6-13(7-10(9)2)8-11-4-3-5-12(11)14/h9-11H,3-8H2,1-2H3. The lowest BCUT2D eigenvalue weighted by Gasteiger charge is -2.18. The van der Waals surface area contributed by atoms with E-state index in [0.29, 0.717) is 11.7 Å². The number of hydrogen-bond acceptors (Lipinski definition) is 2. The summed E-state index contributed by atoms with van der Waals surface area (Å²) in [5, 5.41) is 0. The zero-order valence-electron chi connectivity index (χ0n) is 9.33. The Morgan fingerprint density at radius 1 is 1.29 bits per heavy atom. The average Bonchev–Trinajstić information content (AvgIpc) is 2.63. The number of likely N-dealkylation sites (tertiary alicyclic amines) is 1. The summed E-state index contributed by atoms with van der Waals surface area (Å²) in [5.74, 6) is 2.50. The lowest BCUT2D eigenvalue weighted by molar-refractivity contribution is -0.121. The molecule has 1 aliphatic carbocycles. The van der Waals surface area contributed by atoms with Crippen molar-refractivity contribution in [3.8, 4) is 0 Å². The van der Waals surface area contributed by atoms with Crippen molar-refractivity contribution < 1.29 is 4.79 Å². The van der Waals surface area contributed by atoms with Crippen molar-refractivity contribution in [2.45, 2.75) is 33.1 Å². The van der Waals surface area contributed by atoms with E-state index in [1.807, 2.05) is 0 Å². The van der Waals surface area contributed by atoms with Gasteiger partial charge in [-0.1, -0.05) is 13.8 Å². The minimum atomic E-state index is 0.368. The third-order valence-corrected chi connectivity index (χ3v) is 3.97. The van der Waals surface area contributed by atoms with Crippen LogP contribution in [0.5, 0.6) is 0 Å². The van der Waals surface area contributed by atoms with Crippen molar-refractivity contribution in [1.82, 2.24) is 4.90 Å². The van der Waals surface area contributed by atoms with E-state index in [4.69, 9.17) is 0 Å². The summed E-state index contributed by atoms with van der Waals surface area (Å²) in [4.78, 5) is 14.0. The van der Waals surface area contributed by atoms with Crippen LogP contribution in [0.2, 0.25) is 0 Å². The topological polar surface area (TPSA) is 20.3 Å². The second kappa shape index (κ2) is 4.01. The fourth-order valence-corrected chi connectivity index (χ4v) is 2.79. The van der Waals surface area contributed by atoms with Crippen molar-refractivity contribution in [1.29, 1.82) is 0 Å². The Kier molecular flexibility index (Phi) is 2.91. The zero-order chi connectivity index (χ0) is 10.1. The minimum Gasteiger partial charge on any atom is -0.302 e. The molecule has 0 N–H and O–H groups in total. The van der Waals surface area contributed by atoms with E-state index in [9.17, 15) is 4.79 Å². The van der Waals surface area contributed by atoms with E-state index in [1.165, 1.54) is 13.1 Å². The highest BCUT2D eigenvalue weighted by molar-refractivity contribution is 5.83. The first-order valence-electron chi connectivity index (χ1n) is 5.92. The van der Waals surface area contributed by atoms with Crippen molar-refractivity contribution >= 4 is 5.78 Å². The maximum absolute atomic E-state index is 11.5. The SMILES string of the molecule is CC1CN(CC2CCCC2=O)CC1C. The lowest BCUT2D eigenvalue weighted by Crippen LogP contribution is -2.29. The molecule has 2 nitrogen and oxygen atoms in total. The number of carbonyl (C=O) groups is 1. The van der Waals surface area contributed by atoms with Gasteiger partial charge in [0, 0.05) is 32.0 Å². The minimum absolute atomic E-state index is 0.368. The molecule has 1 saturated carbocycles. The van der Waals surface area contributed by atoms with Gasteiger partial charge in [0.05, 0.1) is 0 Å². The summed E-state index contributed by atoms with van der Waals surface area (Å²) in [5.41, 5.74) is 0. The Morgan fingerprint density at radius 3 is 2.43 bits per heavy atom. The Hall–Kier alpha value is -0.370. The van der Waals surface area contributed by atoms with Gasteiger partial charge < -0.3 is 4.90 Å². The first-order valence-corrected chi connectivity index (χ1v) is 5.92. The Bertz CT molecular complexity index is 216. The zero-order valence-corrected chi connectivity index (χ0v) is 9.33. The van der Waals surface area contributed by atoms with E-state index in [1.54, 1.807) is 0 Å². The molecule has 0 aromatic carbocycles. The van der Waals surface area contributed by atoms with Crippen LogP contribution in [-0.4, -0.2) is 30.3 Å². The third kappa shape index (κ3) is 2.00. The van der Waals surface area contributed by atoms with Gasteiger partial charge in [0.2, 0.25) is 0 Å². The molecule has 0 aromatic heterocycles. The van der Waals surface area contributed by atoms with E-state index in [2.05, 4.69) is 18.7 Å². The molecular weight excluding hydrogens is 174 g/mol. The van der Waals surface area contributed by atoms with Gasteiger partial charge in [-0.25, -0.2) is 0 Å². The molecule has 3 atom stereocenters. The Balaban J connectivity index is 1.84. The molecular formula is C12H21NO. The van der Waals surface area contributed by atoms with Gasteiger partial charge in [-0.3, -0.25) is 4.79 Å². The predicted molar refractivity (Wildman–Crippen MR) is 57.1 cm³/mol. The van der Waals surface area contributed by atoms with Crippen LogP contribution < -0.4 is 0 Å². The van der Waals surface area contributed by atoms with E-state index in [0.717, 1.165) is 37.6 Å². The molecule has 0 aromatic rings. The molecule has 2 fully saturated rings. The summed E-state index contributed by atoms with van der Waals surface area (Å²) >= 11 is 0. The van der Waals surface area contributed by atoms with Crippen LogP contribution in [0.1, 0.15) is 33.1 Å². The number of ketones is 1. The predicted octanol–water partition coefficient (Wildman–Crippen LogP) is 1.94. The van der Waals surface area contributed by atoms with Gasteiger partial charge in [-0.05, 0) is 24.7 Å². The van der Waals surface area contributed by atoms with Crippen LogP contribution in [-0.2, 0) is 4.79 Å². The van der Waals surface area contributed by atoms with E-state index < -0.39 is 0 Å². The number of carbonyl (C=O) groups excluding carboxylic acids is 1. The second-order valence-electron chi connectivity index (χ2n) is 5.23. The Labute approximate surface area is 86.7 Å². The molecule has 2 aliphatic rings. The van der Waals surface area contributed by atoms with Crippen molar-refractivity contribution in [2.24, 2.45) is 17.8 Å². The van der Waals surface area contributed by atoms with E-state index >= 15 is 0 Å². The van der Waals surface area contributed by atoms with Crippen LogP contribution in [0.15, 0.2) is 0 Å². The van der Waals surface area contributed by atoms with Crippen molar-refractivity contribution in [3.05, 3.63) is 0 Å². The highest BCUT2D eigenvalue weighted by atomic mass is 16.1. The largest absolute Gasteiger partial charge is 0.302 e. The molecule has 1 heterocycles. The normalized spacial score (nSPS) is 39.6.